The fourth-order valence-electron chi connectivity index (χ4n) is 2.69. The van der Waals surface area contributed by atoms with Crippen molar-refractivity contribution >= 4 is 0 Å². The highest BCUT2D eigenvalue weighted by Crippen LogP contribution is 2.30. The Morgan fingerprint density at radius 2 is 1.76 bits per heavy atom. The van der Waals surface area contributed by atoms with Gasteiger partial charge in [0.05, 0.1) is 19.8 Å². The molecule has 1 aromatic rings. The predicted molar refractivity (Wildman–Crippen MR) is 84.6 cm³/mol. The quantitative estimate of drug-likeness (QED) is 0.608. The minimum atomic E-state index is -0.207. The Bertz CT molecular complexity index is 388. The predicted octanol–water partition coefficient (Wildman–Crippen LogP) is 4.86. The second-order valence-electron chi connectivity index (χ2n) is 5.75. The summed E-state index contributed by atoms with van der Waals surface area (Å²) in [7, 11) is 1.67. The number of methoxy groups -OCH3 is 1. The summed E-state index contributed by atoms with van der Waals surface area (Å²) >= 11 is 0. The van der Waals surface area contributed by atoms with Crippen molar-refractivity contribution in [1.29, 1.82) is 0 Å². The van der Waals surface area contributed by atoms with E-state index in [0.29, 0.717) is 6.61 Å². The molecule has 0 bridgehead atoms. The summed E-state index contributed by atoms with van der Waals surface area (Å²) in [6, 6.07) is 7.92. The van der Waals surface area contributed by atoms with Gasteiger partial charge in [0.2, 0.25) is 0 Å². The molecule has 2 rings (SSSR count). The molecule has 3 heteroatoms. The van der Waals surface area contributed by atoms with Crippen LogP contribution in [0.2, 0.25) is 0 Å². The van der Waals surface area contributed by atoms with Gasteiger partial charge in [0, 0.05) is 5.56 Å². The Balaban J connectivity index is 1.65. The molecule has 1 aromatic carbocycles. The molecule has 0 aromatic heterocycles. The van der Waals surface area contributed by atoms with Crippen LogP contribution in [0.5, 0.6) is 5.75 Å². The Kier molecular flexibility index (Phi) is 7.04. The number of hydrogen-bond donors (Lipinski definition) is 0. The molecule has 21 heavy (non-hydrogen) atoms. The van der Waals surface area contributed by atoms with Crippen LogP contribution in [0.3, 0.4) is 0 Å². The van der Waals surface area contributed by atoms with Crippen LogP contribution >= 0.6 is 0 Å². The number of ether oxygens (including phenoxy) is 3. The summed E-state index contributed by atoms with van der Waals surface area (Å²) in [6.45, 7) is 2.97. The highest BCUT2D eigenvalue weighted by molar-refractivity contribution is 5.28. The molecule has 2 atom stereocenters. The lowest BCUT2D eigenvalue weighted by molar-refractivity contribution is -0.0614. The summed E-state index contributed by atoms with van der Waals surface area (Å²) in [4.78, 5) is 0. The molecule has 0 spiro atoms. The molecular formula is C18H28O3. The van der Waals surface area contributed by atoms with Gasteiger partial charge in [0.25, 0.3) is 0 Å². The largest absolute Gasteiger partial charge is 0.497 e. The van der Waals surface area contributed by atoms with E-state index in [1.165, 1.54) is 38.5 Å². The monoisotopic (exact) mass is 292 g/mol. The minimum absolute atomic E-state index is 0.207. The van der Waals surface area contributed by atoms with Gasteiger partial charge < -0.3 is 14.2 Å². The van der Waals surface area contributed by atoms with Crippen LogP contribution in [0.25, 0.3) is 0 Å². The number of rotatable bonds is 9. The van der Waals surface area contributed by atoms with E-state index >= 15 is 0 Å². The van der Waals surface area contributed by atoms with Crippen LogP contribution in [0.15, 0.2) is 24.3 Å². The molecule has 3 nitrogen and oxygen atoms in total. The number of unbranched alkanes of at least 4 members (excludes halogenated alkanes) is 5. The molecule has 1 saturated heterocycles. The van der Waals surface area contributed by atoms with Gasteiger partial charge in [-0.2, -0.15) is 0 Å². The normalized spacial score (nSPS) is 21.6. The van der Waals surface area contributed by atoms with Crippen molar-refractivity contribution < 1.29 is 14.2 Å². The average Bonchev–Trinajstić information content (AvgIpc) is 3.00. The first kappa shape index (κ1) is 16.3. The molecule has 1 fully saturated rings. The van der Waals surface area contributed by atoms with Crippen molar-refractivity contribution in [1.82, 2.24) is 0 Å². The lowest BCUT2D eigenvalue weighted by Gasteiger charge is -2.12. The van der Waals surface area contributed by atoms with Gasteiger partial charge in [-0.05, 0) is 18.6 Å². The zero-order valence-electron chi connectivity index (χ0n) is 13.3. The molecule has 0 N–H and O–H groups in total. The van der Waals surface area contributed by atoms with E-state index in [1.807, 2.05) is 24.3 Å². The molecule has 0 aliphatic carbocycles. The van der Waals surface area contributed by atoms with E-state index in [9.17, 15) is 0 Å². The number of hydrogen-bond acceptors (Lipinski definition) is 3. The molecular weight excluding hydrogens is 264 g/mol. The van der Waals surface area contributed by atoms with Crippen molar-refractivity contribution in [2.45, 2.75) is 64.3 Å². The maximum atomic E-state index is 5.99. The summed E-state index contributed by atoms with van der Waals surface area (Å²) in [6.07, 6.45) is 9.10. The van der Waals surface area contributed by atoms with Gasteiger partial charge in [-0.1, -0.05) is 57.6 Å². The Morgan fingerprint density at radius 1 is 1.05 bits per heavy atom. The van der Waals surface area contributed by atoms with Gasteiger partial charge in [-0.25, -0.2) is 0 Å². The van der Waals surface area contributed by atoms with Crippen LogP contribution in [0.1, 0.15) is 63.7 Å². The average molecular weight is 292 g/mol. The molecule has 1 aliphatic rings. The van der Waals surface area contributed by atoms with Gasteiger partial charge in [-0.3, -0.25) is 0 Å². The zero-order chi connectivity index (χ0) is 14.9. The third kappa shape index (κ3) is 5.33. The van der Waals surface area contributed by atoms with Crippen molar-refractivity contribution in [2.24, 2.45) is 0 Å². The van der Waals surface area contributed by atoms with Crippen LogP contribution in [0.4, 0.5) is 0 Å². The topological polar surface area (TPSA) is 27.7 Å². The van der Waals surface area contributed by atoms with Gasteiger partial charge in [-0.15, -0.1) is 0 Å². The van der Waals surface area contributed by atoms with Crippen molar-refractivity contribution in [2.75, 3.05) is 13.7 Å². The standard InChI is InChI=1S/C18H28O3/c1-3-4-5-6-7-8-9-17-14-20-18(21-17)15-10-12-16(19-2)13-11-15/h10-13,17-18H,3-9,14H2,1-2H3/t17-,18+/m1/s1. The maximum absolute atomic E-state index is 5.99. The highest BCUT2D eigenvalue weighted by atomic mass is 16.7. The fraction of sp³-hybridized carbons (Fsp3) is 0.667. The Hall–Kier alpha value is -1.06. The van der Waals surface area contributed by atoms with Gasteiger partial charge in [0.1, 0.15) is 5.75 Å². The number of benzene rings is 1. The molecule has 0 unspecified atom stereocenters. The van der Waals surface area contributed by atoms with Crippen molar-refractivity contribution in [3.05, 3.63) is 29.8 Å². The first-order valence-electron chi connectivity index (χ1n) is 8.24. The molecule has 1 heterocycles. The first-order valence-corrected chi connectivity index (χ1v) is 8.24. The molecule has 118 valence electrons. The Morgan fingerprint density at radius 3 is 2.48 bits per heavy atom. The van der Waals surface area contributed by atoms with E-state index < -0.39 is 0 Å². The second-order valence-corrected chi connectivity index (χ2v) is 5.75. The second kappa shape index (κ2) is 9.06. The molecule has 0 saturated carbocycles. The van der Waals surface area contributed by atoms with Crippen molar-refractivity contribution in [3.63, 3.8) is 0 Å². The van der Waals surface area contributed by atoms with E-state index in [0.717, 1.165) is 17.7 Å². The summed E-state index contributed by atoms with van der Waals surface area (Å²) in [5.41, 5.74) is 1.07. The molecule has 1 aliphatic heterocycles. The maximum Gasteiger partial charge on any atom is 0.184 e. The summed E-state index contributed by atoms with van der Waals surface area (Å²) in [5, 5.41) is 0. The third-order valence-corrected chi connectivity index (χ3v) is 4.02. The van der Waals surface area contributed by atoms with Crippen LogP contribution in [-0.4, -0.2) is 19.8 Å². The van der Waals surface area contributed by atoms with Crippen molar-refractivity contribution in [3.8, 4) is 5.75 Å². The lowest BCUT2D eigenvalue weighted by atomic mass is 10.1. The first-order chi connectivity index (χ1) is 10.3. The highest BCUT2D eigenvalue weighted by Gasteiger charge is 2.26. The van der Waals surface area contributed by atoms with E-state index in [1.54, 1.807) is 7.11 Å². The molecule has 0 amide bonds. The third-order valence-electron chi connectivity index (χ3n) is 4.02. The SMILES string of the molecule is CCCCCCCC[C@@H]1CO[C@H](c2ccc(OC)cc2)O1. The van der Waals surface area contributed by atoms with Crippen LogP contribution < -0.4 is 4.74 Å². The molecule has 0 radical (unpaired) electrons. The van der Waals surface area contributed by atoms with Gasteiger partial charge >= 0.3 is 0 Å². The fourth-order valence-corrected chi connectivity index (χ4v) is 2.69. The van der Waals surface area contributed by atoms with E-state index in [-0.39, 0.29) is 12.4 Å². The van der Waals surface area contributed by atoms with E-state index in [2.05, 4.69) is 6.92 Å². The van der Waals surface area contributed by atoms with Crippen LogP contribution in [-0.2, 0) is 9.47 Å². The summed E-state index contributed by atoms with van der Waals surface area (Å²) in [5.74, 6) is 0.861. The van der Waals surface area contributed by atoms with Crippen LogP contribution in [0, 0.1) is 0 Å². The van der Waals surface area contributed by atoms with Gasteiger partial charge in [0.15, 0.2) is 6.29 Å². The smallest absolute Gasteiger partial charge is 0.184 e. The zero-order valence-corrected chi connectivity index (χ0v) is 13.3. The lowest BCUT2D eigenvalue weighted by Crippen LogP contribution is -2.09. The summed E-state index contributed by atoms with van der Waals surface area (Å²) < 4.78 is 16.9. The van der Waals surface area contributed by atoms with E-state index in [4.69, 9.17) is 14.2 Å². The minimum Gasteiger partial charge on any atom is -0.497 e. The Labute approximate surface area is 128 Å².